The summed E-state index contributed by atoms with van der Waals surface area (Å²) < 4.78 is 3.09. The Labute approximate surface area is 87.6 Å². The molecule has 0 fully saturated rings. The third kappa shape index (κ3) is 2.81. The average molecular weight is 246 g/mol. The molecule has 1 N–H and O–H groups in total. The Balaban J connectivity index is 2.58. The number of aryl methyl sites for hydroxylation is 1. The summed E-state index contributed by atoms with van der Waals surface area (Å²) >= 11 is 3.51. The fourth-order valence-electron chi connectivity index (χ4n) is 1.30. The van der Waals surface area contributed by atoms with Crippen molar-refractivity contribution < 1.29 is 0 Å². The highest BCUT2D eigenvalue weighted by atomic mass is 79.9. The van der Waals surface area contributed by atoms with Gasteiger partial charge in [-0.3, -0.25) is 4.68 Å². The van der Waals surface area contributed by atoms with Crippen LogP contribution in [-0.4, -0.2) is 23.4 Å². The molecule has 1 aromatic heterocycles. The van der Waals surface area contributed by atoms with Crippen LogP contribution in [-0.2, 0) is 6.54 Å². The SMILES string of the molecule is CNCC(C)Cn1ncc(C)c1Br. The van der Waals surface area contributed by atoms with Crippen LogP contribution in [0.4, 0.5) is 0 Å². The Kier molecular flexibility index (Phi) is 3.93. The van der Waals surface area contributed by atoms with Gasteiger partial charge in [0.05, 0.1) is 6.20 Å². The van der Waals surface area contributed by atoms with Gasteiger partial charge in [-0.25, -0.2) is 0 Å². The monoisotopic (exact) mass is 245 g/mol. The first kappa shape index (κ1) is 10.7. The van der Waals surface area contributed by atoms with Gasteiger partial charge < -0.3 is 5.32 Å². The minimum absolute atomic E-state index is 0.598. The van der Waals surface area contributed by atoms with Gasteiger partial charge in [0.2, 0.25) is 0 Å². The lowest BCUT2D eigenvalue weighted by Crippen LogP contribution is -2.21. The first-order valence-electron chi connectivity index (χ1n) is 4.47. The third-order valence-corrected chi connectivity index (χ3v) is 3.01. The molecule has 0 radical (unpaired) electrons. The maximum Gasteiger partial charge on any atom is 0.106 e. The molecular formula is C9H16BrN3. The van der Waals surface area contributed by atoms with E-state index in [1.54, 1.807) is 0 Å². The number of nitrogens with zero attached hydrogens (tertiary/aromatic N) is 2. The van der Waals surface area contributed by atoms with Crippen molar-refractivity contribution in [2.24, 2.45) is 5.92 Å². The Bertz CT molecular complexity index is 270. The topological polar surface area (TPSA) is 29.9 Å². The summed E-state index contributed by atoms with van der Waals surface area (Å²) in [6.45, 7) is 6.23. The van der Waals surface area contributed by atoms with Gasteiger partial charge >= 0.3 is 0 Å². The number of hydrogen-bond donors (Lipinski definition) is 1. The van der Waals surface area contributed by atoms with E-state index in [2.05, 4.69) is 40.2 Å². The molecule has 13 heavy (non-hydrogen) atoms. The minimum atomic E-state index is 0.598. The second-order valence-electron chi connectivity index (χ2n) is 3.46. The van der Waals surface area contributed by atoms with E-state index in [0.717, 1.165) is 17.7 Å². The molecule has 0 aliphatic heterocycles. The number of halogens is 1. The van der Waals surface area contributed by atoms with Gasteiger partial charge in [0, 0.05) is 12.1 Å². The van der Waals surface area contributed by atoms with Crippen molar-refractivity contribution in [3.8, 4) is 0 Å². The van der Waals surface area contributed by atoms with Gasteiger partial charge in [0.15, 0.2) is 0 Å². The van der Waals surface area contributed by atoms with Gasteiger partial charge in [0.1, 0.15) is 4.60 Å². The highest BCUT2D eigenvalue weighted by molar-refractivity contribution is 9.10. The summed E-state index contributed by atoms with van der Waals surface area (Å²) in [7, 11) is 1.97. The molecule has 3 nitrogen and oxygen atoms in total. The second-order valence-corrected chi connectivity index (χ2v) is 4.21. The van der Waals surface area contributed by atoms with E-state index >= 15 is 0 Å². The van der Waals surface area contributed by atoms with Crippen molar-refractivity contribution in [2.75, 3.05) is 13.6 Å². The van der Waals surface area contributed by atoms with Crippen molar-refractivity contribution in [3.05, 3.63) is 16.4 Å². The van der Waals surface area contributed by atoms with Crippen LogP contribution in [0, 0.1) is 12.8 Å². The lowest BCUT2D eigenvalue weighted by atomic mass is 10.2. The molecular weight excluding hydrogens is 230 g/mol. The summed E-state index contributed by atoms with van der Waals surface area (Å²) in [4.78, 5) is 0. The molecule has 1 atom stereocenters. The van der Waals surface area contributed by atoms with Gasteiger partial charge in [-0.05, 0) is 42.4 Å². The first-order chi connectivity index (χ1) is 6.15. The van der Waals surface area contributed by atoms with E-state index in [-0.39, 0.29) is 0 Å². The maximum atomic E-state index is 4.28. The number of hydrogen-bond acceptors (Lipinski definition) is 2. The smallest absolute Gasteiger partial charge is 0.106 e. The highest BCUT2D eigenvalue weighted by Gasteiger charge is 2.07. The van der Waals surface area contributed by atoms with Crippen molar-refractivity contribution in [1.82, 2.24) is 15.1 Å². The average Bonchev–Trinajstić information content (AvgIpc) is 2.37. The largest absolute Gasteiger partial charge is 0.319 e. The fraction of sp³-hybridized carbons (Fsp3) is 0.667. The zero-order valence-electron chi connectivity index (χ0n) is 8.34. The van der Waals surface area contributed by atoms with Crippen LogP contribution in [0.5, 0.6) is 0 Å². The van der Waals surface area contributed by atoms with E-state index in [1.807, 2.05) is 17.9 Å². The minimum Gasteiger partial charge on any atom is -0.319 e. The zero-order valence-corrected chi connectivity index (χ0v) is 9.93. The van der Waals surface area contributed by atoms with Crippen LogP contribution in [0.25, 0.3) is 0 Å². The second kappa shape index (κ2) is 4.77. The molecule has 1 unspecified atom stereocenters. The molecule has 0 spiro atoms. The summed E-state index contributed by atoms with van der Waals surface area (Å²) in [6.07, 6.45) is 1.89. The van der Waals surface area contributed by atoms with Crippen molar-refractivity contribution >= 4 is 15.9 Å². The summed E-state index contributed by atoms with van der Waals surface area (Å²) in [5, 5.41) is 7.44. The van der Waals surface area contributed by atoms with Crippen LogP contribution < -0.4 is 5.32 Å². The van der Waals surface area contributed by atoms with Gasteiger partial charge in [-0.15, -0.1) is 0 Å². The van der Waals surface area contributed by atoms with Crippen LogP contribution in [0.3, 0.4) is 0 Å². The van der Waals surface area contributed by atoms with Crippen LogP contribution in [0.2, 0.25) is 0 Å². The number of rotatable bonds is 4. The fourth-order valence-corrected chi connectivity index (χ4v) is 1.64. The summed E-state index contributed by atoms with van der Waals surface area (Å²) in [5.41, 5.74) is 1.19. The molecule has 0 bridgehead atoms. The number of aromatic nitrogens is 2. The van der Waals surface area contributed by atoms with E-state index in [9.17, 15) is 0 Å². The Morgan fingerprint density at radius 2 is 2.38 bits per heavy atom. The third-order valence-electron chi connectivity index (χ3n) is 1.98. The normalized spacial score (nSPS) is 13.2. The molecule has 0 saturated heterocycles. The lowest BCUT2D eigenvalue weighted by Gasteiger charge is -2.11. The van der Waals surface area contributed by atoms with Gasteiger partial charge in [0.25, 0.3) is 0 Å². The molecule has 0 aliphatic carbocycles. The van der Waals surface area contributed by atoms with Crippen LogP contribution in [0.15, 0.2) is 10.8 Å². The molecule has 0 amide bonds. The molecule has 0 saturated carbocycles. The quantitative estimate of drug-likeness (QED) is 0.878. The summed E-state index contributed by atoms with van der Waals surface area (Å²) in [6, 6.07) is 0. The molecule has 74 valence electrons. The number of nitrogens with one attached hydrogen (secondary N) is 1. The van der Waals surface area contributed by atoms with Crippen molar-refractivity contribution in [1.29, 1.82) is 0 Å². The molecule has 0 aliphatic rings. The van der Waals surface area contributed by atoms with E-state index in [1.165, 1.54) is 5.56 Å². The highest BCUT2D eigenvalue weighted by Crippen LogP contribution is 2.15. The molecule has 1 heterocycles. The molecule has 1 rings (SSSR count). The maximum absolute atomic E-state index is 4.28. The van der Waals surface area contributed by atoms with E-state index in [4.69, 9.17) is 0 Å². The van der Waals surface area contributed by atoms with Gasteiger partial charge in [-0.1, -0.05) is 6.92 Å². The summed E-state index contributed by atoms with van der Waals surface area (Å²) in [5.74, 6) is 0.598. The van der Waals surface area contributed by atoms with E-state index in [0.29, 0.717) is 5.92 Å². The Morgan fingerprint density at radius 3 is 2.85 bits per heavy atom. The molecule has 4 heteroatoms. The lowest BCUT2D eigenvalue weighted by molar-refractivity contribution is 0.430. The molecule has 0 aromatic carbocycles. The Morgan fingerprint density at radius 1 is 1.69 bits per heavy atom. The van der Waals surface area contributed by atoms with E-state index < -0.39 is 0 Å². The Hall–Kier alpha value is -0.350. The van der Waals surface area contributed by atoms with Crippen molar-refractivity contribution in [3.63, 3.8) is 0 Å². The van der Waals surface area contributed by atoms with Crippen molar-refractivity contribution in [2.45, 2.75) is 20.4 Å². The van der Waals surface area contributed by atoms with Crippen LogP contribution in [0.1, 0.15) is 12.5 Å². The van der Waals surface area contributed by atoms with Gasteiger partial charge in [-0.2, -0.15) is 5.10 Å². The zero-order chi connectivity index (χ0) is 9.84. The molecule has 1 aromatic rings. The van der Waals surface area contributed by atoms with Crippen LogP contribution >= 0.6 is 15.9 Å². The predicted molar refractivity (Wildman–Crippen MR) is 57.8 cm³/mol. The standard InChI is InChI=1S/C9H16BrN3/c1-7(4-11-3)6-13-9(10)8(2)5-12-13/h5,7,11H,4,6H2,1-3H3. The predicted octanol–water partition coefficient (Wildman–Crippen LogP) is 1.81. The first-order valence-corrected chi connectivity index (χ1v) is 5.27.